The van der Waals surface area contributed by atoms with Gasteiger partial charge in [-0.05, 0) is 75.8 Å². The number of anilines is 1. The second-order valence-electron chi connectivity index (χ2n) is 8.17. The second-order valence-corrected chi connectivity index (χ2v) is 10.0. The van der Waals surface area contributed by atoms with Gasteiger partial charge in [-0.1, -0.05) is 42.7 Å². The first-order valence-electron chi connectivity index (χ1n) is 10.8. The summed E-state index contributed by atoms with van der Waals surface area (Å²) in [5, 5.41) is 4.29. The molecule has 0 atom stereocenters. The van der Waals surface area contributed by atoms with Crippen molar-refractivity contribution in [3.8, 4) is 0 Å². The van der Waals surface area contributed by atoms with Gasteiger partial charge in [-0.3, -0.25) is 9.10 Å². The van der Waals surface area contributed by atoms with Gasteiger partial charge in [0.2, 0.25) is 0 Å². The summed E-state index contributed by atoms with van der Waals surface area (Å²) in [5.41, 5.74) is 6.81. The predicted molar refractivity (Wildman–Crippen MR) is 125 cm³/mol. The van der Waals surface area contributed by atoms with Gasteiger partial charge >= 0.3 is 0 Å². The summed E-state index contributed by atoms with van der Waals surface area (Å²) in [6.07, 6.45) is 6.27. The molecule has 166 valence electrons. The molecule has 1 aliphatic carbocycles. The van der Waals surface area contributed by atoms with Gasteiger partial charge in [0.25, 0.3) is 15.9 Å². The third-order valence-electron chi connectivity index (χ3n) is 5.76. The van der Waals surface area contributed by atoms with E-state index in [0.717, 1.165) is 48.1 Å². The van der Waals surface area contributed by atoms with Crippen molar-refractivity contribution in [3.05, 3.63) is 59.2 Å². The molecule has 1 N–H and O–H groups in total. The number of hydrogen-bond acceptors (Lipinski definition) is 4. The lowest BCUT2D eigenvalue weighted by molar-refractivity contribution is -0.119. The number of hydrazone groups is 1. The Bertz CT molecular complexity index is 1050. The molecule has 0 aromatic heterocycles. The minimum Gasteiger partial charge on any atom is -0.271 e. The Labute approximate surface area is 185 Å². The van der Waals surface area contributed by atoms with E-state index in [1.165, 1.54) is 17.1 Å². The summed E-state index contributed by atoms with van der Waals surface area (Å²) in [5.74, 6) is -0.451. The number of sulfonamides is 1. The third kappa shape index (κ3) is 5.73. The lowest BCUT2D eigenvalue weighted by Gasteiger charge is -2.26. The third-order valence-corrected chi connectivity index (χ3v) is 7.53. The molecule has 0 radical (unpaired) electrons. The van der Waals surface area contributed by atoms with Gasteiger partial charge in [0.15, 0.2) is 0 Å². The number of carbonyl (C=O) groups excluding carboxylic acids is 1. The number of amides is 1. The molecule has 7 heteroatoms. The first-order chi connectivity index (χ1) is 14.8. The number of carbonyl (C=O) groups is 1. The van der Waals surface area contributed by atoms with Crippen molar-refractivity contribution in [3.63, 3.8) is 0 Å². The first-order valence-corrected chi connectivity index (χ1v) is 12.2. The summed E-state index contributed by atoms with van der Waals surface area (Å²) >= 11 is 0. The number of nitrogens with one attached hydrogen (secondary N) is 1. The predicted octanol–water partition coefficient (Wildman–Crippen LogP) is 4.63. The van der Waals surface area contributed by atoms with Crippen LogP contribution in [0.1, 0.15) is 55.2 Å². The van der Waals surface area contributed by atoms with Crippen LogP contribution in [0.15, 0.2) is 52.5 Å². The van der Waals surface area contributed by atoms with E-state index in [1.807, 2.05) is 26.8 Å². The molecule has 1 fully saturated rings. The van der Waals surface area contributed by atoms with Crippen molar-refractivity contribution in [2.75, 3.05) is 10.8 Å². The highest BCUT2D eigenvalue weighted by Crippen LogP contribution is 2.28. The highest BCUT2D eigenvalue weighted by Gasteiger charge is 2.28. The van der Waals surface area contributed by atoms with Crippen LogP contribution < -0.4 is 9.73 Å². The molecule has 1 saturated carbocycles. The highest BCUT2D eigenvalue weighted by molar-refractivity contribution is 7.92. The maximum absolute atomic E-state index is 13.5. The van der Waals surface area contributed by atoms with Crippen LogP contribution in [0.5, 0.6) is 0 Å². The molecule has 3 rings (SSSR count). The Morgan fingerprint density at radius 1 is 0.968 bits per heavy atom. The number of benzene rings is 2. The Morgan fingerprint density at radius 2 is 1.61 bits per heavy atom. The Kier molecular flexibility index (Phi) is 7.49. The van der Waals surface area contributed by atoms with Crippen LogP contribution in [-0.4, -0.2) is 26.6 Å². The SMILES string of the molecule is Cc1ccc(S(=O)(=O)N(CC(=O)NN=C2CCCCCC2)c2cccc(C)c2C)cc1. The fraction of sp³-hybridized carbons (Fsp3) is 0.417. The summed E-state index contributed by atoms with van der Waals surface area (Å²) in [4.78, 5) is 12.9. The monoisotopic (exact) mass is 441 g/mol. The lowest BCUT2D eigenvalue weighted by Crippen LogP contribution is -2.40. The van der Waals surface area contributed by atoms with Gasteiger partial charge in [0.1, 0.15) is 6.54 Å². The van der Waals surface area contributed by atoms with Crippen LogP contribution in [0.2, 0.25) is 0 Å². The van der Waals surface area contributed by atoms with Gasteiger partial charge in [-0.25, -0.2) is 13.8 Å². The Hall–Kier alpha value is -2.67. The van der Waals surface area contributed by atoms with Crippen LogP contribution in [0.25, 0.3) is 0 Å². The molecule has 0 unspecified atom stereocenters. The van der Waals surface area contributed by atoms with E-state index < -0.39 is 15.9 Å². The number of nitrogens with zero attached hydrogens (tertiary/aromatic N) is 2. The molecule has 2 aromatic rings. The Balaban J connectivity index is 1.90. The smallest absolute Gasteiger partial charge is 0.264 e. The van der Waals surface area contributed by atoms with E-state index in [4.69, 9.17) is 0 Å². The van der Waals surface area contributed by atoms with Crippen molar-refractivity contribution in [1.82, 2.24) is 5.43 Å². The van der Waals surface area contributed by atoms with Crippen molar-refractivity contribution in [2.45, 2.75) is 64.2 Å². The van der Waals surface area contributed by atoms with E-state index in [1.54, 1.807) is 36.4 Å². The van der Waals surface area contributed by atoms with E-state index in [9.17, 15) is 13.2 Å². The van der Waals surface area contributed by atoms with E-state index >= 15 is 0 Å². The van der Waals surface area contributed by atoms with Crippen LogP contribution in [0, 0.1) is 20.8 Å². The molecule has 31 heavy (non-hydrogen) atoms. The van der Waals surface area contributed by atoms with Gasteiger partial charge < -0.3 is 0 Å². The number of rotatable bonds is 6. The molecule has 1 amide bonds. The summed E-state index contributed by atoms with van der Waals surface area (Å²) in [6, 6.07) is 12.1. The molecule has 0 heterocycles. The van der Waals surface area contributed by atoms with Crippen LogP contribution in [0.3, 0.4) is 0 Å². The molecule has 0 aliphatic heterocycles. The molecular formula is C24H31N3O3S. The van der Waals surface area contributed by atoms with Gasteiger partial charge in [-0.2, -0.15) is 5.10 Å². The molecule has 0 saturated heterocycles. The normalized spacial score (nSPS) is 14.6. The maximum Gasteiger partial charge on any atom is 0.264 e. The fourth-order valence-electron chi connectivity index (χ4n) is 3.70. The minimum atomic E-state index is -3.93. The lowest BCUT2D eigenvalue weighted by atomic mass is 10.1. The van der Waals surface area contributed by atoms with Crippen LogP contribution >= 0.6 is 0 Å². The molecular weight excluding hydrogens is 410 g/mol. The van der Waals surface area contributed by atoms with E-state index in [-0.39, 0.29) is 11.4 Å². The van der Waals surface area contributed by atoms with E-state index in [2.05, 4.69) is 10.5 Å². The zero-order chi connectivity index (χ0) is 22.4. The topological polar surface area (TPSA) is 78.8 Å². The minimum absolute atomic E-state index is 0.155. The summed E-state index contributed by atoms with van der Waals surface area (Å²) in [6.45, 7) is 5.36. The van der Waals surface area contributed by atoms with Gasteiger partial charge in [-0.15, -0.1) is 0 Å². The second kappa shape index (κ2) is 10.1. The Morgan fingerprint density at radius 3 is 2.26 bits per heavy atom. The highest BCUT2D eigenvalue weighted by atomic mass is 32.2. The van der Waals surface area contributed by atoms with Crippen molar-refractivity contribution >= 4 is 27.3 Å². The van der Waals surface area contributed by atoms with Crippen LogP contribution in [-0.2, 0) is 14.8 Å². The van der Waals surface area contributed by atoms with E-state index in [0.29, 0.717) is 5.69 Å². The standard InChI is InChI=1S/C24H31N3O3S/c1-18-13-15-22(16-14-18)31(29,30)27(23-12-8-9-19(2)20(23)3)17-24(28)26-25-21-10-6-4-5-7-11-21/h8-9,12-16H,4-7,10-11,17H2,1-3H3,(H,26,28). The fourth-order valence-corrected chi connectivity index (χ4v) is 5.18. The van der Waals surface area contributed by atoms with Crippen LogP contribution in [0.4, 0.5) is 5.69 Å². The number of hydrogen-bond donors (Lipinski definition) is 1. The average molecular weight is 442 g/mol. The molecule has 2 aromatic carbocycles. The van der Waals surface area contributed by atoms with Gasteiger partial charge in [0.05, 0.1) is 10.6 Å². The molecule has 0 bridgehead atoms. The summed E-state index contributed by atoms with van der Waals surface area (Å²) < 4.78 is 28.2. The maximum atomic E-state index is 13.5. The quantitative estimate of drug-likeness (QED) is 0.524. The van der Waals surface area contributed by atoms with Crippen molar-refractivity contribution < 1.29 is 13.2 Å². The zero-order valence-electron chi connectivity index (χ0n) is 18.5. The van der Waals surface area contributed by atoms with Crippen molar-refractivity contribution in [2.24, 2.45) is 5.10 Å². The summed E-state index contributed by atoms with van der Waals surface area (Å²) in [7, 11) is -3.93. The molecule has 6 nitrogen and oxygen atoms in total. The molecule has 0 spiro atoms. The average Bonchev–Trinajstić information content (AvgIpc) is 3.02. The number of aryl methyl sites for hydroxylation is 2. The van der Waals surface area contributed by atoms with Gasteiger partial charge in [0, 0.05) is 5.71 Å². The van der Waals surface area contributed by atoms with Crippen molar-refractivity contribution in [1.29, 1.82) is 0 Å². The largest absolute Gasteiger partial charge is 0.271 e. The first kappa shape index (κ1) is 23.0. The zero-order valence-corrected chi connectivity index (χ0v) is 19.3. The molecule has 1 aliphatic rings.